The van der Waals surface area contributed by atoms with Crippen LogP contribution in [-0.4, -0.2) is 17.0 Å². The average Bonchev–Trinajstić information content (AvgIpc) is 2.51. The number of amides is 1. The Hall–Kier alpha value is -2.10. The number of anilines is 1. The second-order valence-electron chi connectivity index (χ2n) is 6.46. The minimum absolute atomic E-state index is 0.201. The molecule has 0 bridgehead atoms. The van der Waals surface area contributed by atoms with Crippen molar-refractivity contribution in [1.29, 1.82) is 0 Å². The van der Waals surface area contributed by atoms with E-state index in [1.165, 1.54) is 5.56 Å². The summed E-state index contributed by atoms with van der Waals surface area (Å²) in [7, 11) is 0. The van der Waals surface area contributed by atoms with Crippen molar-refractivity contribution in [3.63, 3.8) is 0 Å². The number of carbonyl (C=O) groups is 2. The predicted molar refractivity (Wildman–Crippen MR) is 91.3 cm³/mol. The maximum absolute atomic E-state index is 12.5. The van der Waals surface area contributed by atoms with Crippen LogP contribution in [-0.2, 0) is 16.0 Å². The molecule has 0 fully saturated rings. The lowest BCUT2D eigenvalue weighted by Gasteiger charge is -2.29. The van der Waals surface area contributed by atoms with E-state index in [1.807, 2.05) is 38.1 Å². The Kier molecular flexibility index (Phi) is 5.59. The number of hydrogen-bond donors (Lipinski definition) is 2. The van der Waals surface area contributed by atoms with Gasteiger partial charge in [0.05, 0.1) is 11.8 Å². The molecule has 0 aliphatic heterocycles. The van der Waals surface area contributed by atoms with Crippen LogP contribution in [0, 0.1) is 11.8 Å². The maximum Gasteiger partial charge on any atom is 0.307 e. The largest absolute Gasteiger partial charge is 0.481 e. The number of nitrogens with one attached hydrogen (secondary N) is 1. The Morgan fingerprint density at radius 1 is 1.09 bits per heavy atom. The van der Waals surface area contributed by atoms with Crippen molar-refractivity contribution >= 4 is 17.6 Å². The lowest BCUT2D eigenvalue weighted by atomic mass is 9.76. The lowest BCUT2D eigenvalue weighted by Crippen LogP contribution is -2.36. The normalized spacial score (nSPS) is 21.2. The summed E-state index contributed by atoms with van der Waals surface area (Å²) < 4.78 is 0. The first-order chi connectivity index (χ1) is 10.9. The highest BCUT2D eigenvalue weighted by atomic mass is 16.4. The third-order valence-electron chi connectivity index (χ3n) is 4.68. The van der Waals surface area contributed by atoms with Crippen molar-refractivity contribution in [3.8, 4) is 0 Å². The highest BCUT2D eigenvalue weighted by Gasteiger charge is 2.37. The number of benzene rings is 1. The van der Waals surface area contributed by atoms with E-state index >= 15 is 0 Å². The van der Waals surface area contributed by atoms with Crippen LogP contribution in [0.15, 0.2) is 35.4 Å². The Morgan fingerprint density at radius 3 is 2.17 bits per heavy atom. The fourth-order valence-electron chi connectivity index (χ4n) is 3.11. The highest BCUT2D eigenvalue weighted by Crippen LogP contribution is 2.35. The minimum Gasteiger partial charge on any atom is -0.481 e. The molecule has 2 N–H and O–H groups in total. The molecule has 0 spiro atoms. The molecule has 0 saturated carbocycles. The summed E-state index contributed by atoms with van der Waals surface area (Å²) in [6.45, 7) is 6.06. The summed E-state index contributed by atoms with van der Waals surface area (Å²) in [5.74, 6) is -2.24. The van der Waals surface area contributed by atoms with Crippen LogP contribution in [0.5, 0.6) is 0 Å². The molecule has 1 aliphatic rings. The molecule has 0 heterocycles. The number of rotatable bonds is 5. The number of aliphatic carboxylic acids is 1. The molecule has 124 valence electrons. The van der Waals surface area contributed by atoms with Crippen LogP contribution in [0.1, 0.15) is 45.6 Å². The second kappa shape index (κ2) is 7.44. The smallest absolute Gasteiger partial charge is 0.307 e. The van der Waals surface area contributed by atoms with E-state index in [1.54, 1.807) is 0 Å². The molecular formula is C19H25NO3. The fourth-order valence-corrected chi connectivity index (χ4v) is 3.11. The average molecular weight is 315 g/mol. The van der Waals surface area contributed by atoms with Gasteiger partial charge < -0.3 is 10.4 Å². The van der Waals surface area contributed by atoms with E-state index in [0.29, 0.717) is 12.8 Å². The van der Waals surface area contributed by atoms with Gasteiger partial charge in [0, 0.05) is 5.69 Å². The molecule has 4 nitrogen and oxygen atoms in total. The topological polar surface area (TPSA) is 66.4 Å². The van der Waals surface area contributed by atoms with E-state index in [0.717, 1.165) is 29.7 Å². The Morgan fingerprint density at radius 2 is 1.65 bits per heavy atom. The standard InChI is InChI=1S/C19H25NO3/c1-4-5-14-6-8-15(9-7-14)20-18(21)16-10-12(2)13(3)11-17(16)19(22)23/h6-9,16-17H,4-5,10-11H2,1-3H3,(H,20,21)(H,22,23)/t16-,17-/m1/s1. The molecule has 2 rings (SSSR count). The molecule has 1 aliphatic carbocycles. The number of carboxylic acids is 1. The predicted octanol–water partition coefficient (Wildman–Crippen LogP) is 4.02. The van der Waals surface area contributed by atoms with Gasteiger partial charge in [0.2, 0.25) is 5.91 Å². The van der Waals surface area contributed by atoms with Gasteiger partial charge >= 0.3 is 5.97 Å². The van der Waals surface area contributed by atoms with E-state index in [4.69, 9.17) is 0 Å². The van der Waals surface area contributed by atoms with Gasteiger partial charge in [-0.2, -0.15) is 0 Å². The first-order valence-corrected chi connectivity index (χ1v) is 8.20. The molecule has 0 unspecified atom stereocenters. The van der Waals surface area contributed by atoms with Crippen molar-refractivity contribution in [2.75, 3.05) is 5.32 Å². The van der Waals surface area contributed by atoms with Gasteiger partial charge in [-0.3, -0.25) is 9.59 Å². The molecular weight excluding hydrogens is 290 g/mol. The van der Waals surface area contributed by atoms with Crippen molar-refractivity contribution in [3.05, 3.63) is 41.0 Å². The minimum atomic E-state index is -0.893. The molecule has 0 radical (unpaired) electrons. The zero-order valence-corrected chi connectivity index (χ0v) is 14.1. The van der Waals surface area contributed by atoms with Gasteiger partial charge in [-0.25, -0.2) is 0 Å². The molecule has 0 saturated heterocycles. The number of carbonyl (C=O) groups excluding carboxylic acids is 1. The van der Waals surface area contributed by atoms with E-state index in [9.17, 15) is 14.7 Å². The summed E-state index contributed by atoms with van der Waals surface area (Å²) in [5.41, 5.74) is 4.18. The van der Waals surface area contributed by atoms with Crippen LogP contribution in [0.4, 0.5) is 5.69 Å². The lowest BCUT2D eigenvalue weighted by molar-refractivity contribution is -0.146. The molecule has 2 atom stereocenters. The molecule has 1 aromatic carbocycles. The van der Waals surface area contributed by atoms with Crippen LogP contribution < -0.4 is 5.32 Å². The van der Waals surface area contributed by atoms with Crippen molar-refractivity contribution in [1.82, 2.24) is 0 Å². The number of carboxylic acid groups (broad SMARTS) is 1. The van der Waals surface area contributed by atoms with Crippen molar-refractivity contribution in [2.45, 2.75) is 46.5 Å². The third-order valence-corrected chi connectivity index (χ3v) is 4.68. The molecule has 0 aromatic heterocycles. The van der Waals surface area contributed by atoms with Gasteiger partial charge in [-0.1, -0.05) is 36.6 Å². The van der Waals surface area contributed by atoms with Crippen LogP contribution in [0.3, 0.4) is 0 Å². The van der Waals surface area contributed by atoms with Gasteiger partial charge in [-0.05, 0) is 50.8 Å². The molecule has 1 aromatic rings. The first-order valence-electron chi connectivity index (χ1n) is 8.20. The number of aryl methyl sites for hydroxylation is 1. The zero-order chi connectivity index (χ0) is 17.0. The second-order valence-corrected chi connectivity index (χ2v) is 6.46. The van der Waals surface area contributed by atoms with E-state index < -0.39 is 17.8 Å². The highest BCUT2D eigenvalue weighted by molar-refractivity contribution is 5.95. The number of hydrogen-bond acceptors (Lipinski definition) is 2. The maximum atomic E-state index is 12.5. The Balaban J connectivity index is 2.10. The summed E-state index contributed by atoms with van der Waals surface area (Å²) in [5, 5.41) is 12.3. The van der Waals surface area contributed by atoms with E-state index in [2.05, 4.69) is 12.2 Å². The van der Waals surface area contributed by atoms with E-state index in [-0.39, 0.29) is 5.91 Å². The SMILES string of the molecule is CCCc1ccc(NC(=O)[C@@H]2CC(C)=C(C)C[C@H]2C(=O)O)cc1. The van der Waals surface area contributed by atoms with Gasteiger partial charge in [0.15, 0.2) is 0 Å². The summed E-state index contributed by atoms with van der Waals surface area (Å²) in [6.07, 6.45) is 3.07. The Labute approximate surface area is 137 Å². The monoisotopic (exact) mass is 315 g/mol. The summed E-state index contributed by atoms with van der Waals surface area (Å²) >= 11 is 0. The van der Waals surface area contributed by atoms with Gasteiger partial charge in [-0.15, -0.1) is 0 Å². The molecule has 23 heavy (non-hydrogen) atoms. The fraction of sp³-hybridized carbons (Fsp3) is 0.474. The van der Waals surface area contributed by atoms with Gasteiger partial charge in [0.25, 0.3) is 0 Å². The van der Waals surface area contributed by atoms with Gasteiger partial charge in [0.1, 0.15) is 0 Å². The zero-order valence-electron chi connectivity index (χ0n) is 14.1. The van der Waals surface area contributed by atoms with Crippen molar-refractivity contribution in [2.24, 2.45) is 11.8 Å². The molecule has 1 amide bonds. The van der Waals surface area contributed by atoms with Crippen LogP contribution >= 0.6 is 0 Å². The summed E-state index contributed by atoms with van der Waals surface area (Å²) in [4.78, 5) is 24.0. The Bertz CT molecular complexity index is 616. The number of allylic oxidation sites excluding steroid dienone is 2. The van der Waals surface area contributed by atoms with Crippen LogP contribution in [0.25, 0.3) is 0 Å². The third kappa shape index (κ3) is 4.21. The molecule has 4 heteroatoms. The van der Waals surface area contributed by atoms with Crippen LogP contribution in [0.2, 0.25) is 0 Å². The summed E-state index contributed by atoms with van der Waals surface area (Å²) in [6, 6.07) is 7.78. The van der Waals surface area contributed by atoms with Crippen molar-refractivity contribution < 1.29 is 14.7 Å². The first kappa shape index (κ1) is 17.3. The quantitative estimate of drug-likeness (QED) is 0.806.